The van der Waals surface area contributed by atoms with Gasteiger partial charge in [0.1, 0.15) is 13.2 Å². The Labute approximate surface area is 102 Å². The number of nitrogens with two attached hydrogens (primary N) is 1. The Kier molecular flexibility index (Phi) is 2.60. The third-order valence-corrected chi connectivity index (χ3v) is 2.54. The lowest BCUT2D eigenvalue weighted by atomic mass is 10.2. The van der Waals surface area contributed by atoms with Crippen LogP contribution in [0.3, 0.4) is 0 Å². The van der Waals surface area contributed by atoms with E-state index in [1.165, 1.54) is 0 Å². The van der Waals surface area contributed by atoms with E-state index in [9.17, 15) is 0 Å². The summed E-state index contributed by atoms with van der Waals surface area (Å²) in [6, 6.07) is 3.55. The van der Waals surface area contributed by atoms with Gasteiger partial charge in [-0.3, -0.25) is 0 Å². The summed E-state index contributed by atoms with van der Waals surface area (Å²) < 4.78 is 10.9. The number of aromatic amines is 1. The van der Waals surface area contributed by atoms with E-state index >= 15 is 0 Å². The maximum absolute atomic E-state index is 5.92. The maximum atomic E-state index is 5.92. The van der Waals surface area contributed by atoms with Gasteiger partial charge in [0.25, 0.3) is 0 Å². The molecule has 0 spiro atoms. The quantitative estimate of drug-likeness (QED) is 0.663. The fourth-order valence-electron chi connectivity index (χ4n) is 1.69. The van der Waals surface area contributed by atoms with Crippen molar-refractivity contribution in [3.8, 4) is 11.5 Å². The second-order valence-corrected chi connectivity index (χ2v) is 3.76. The topological polar surface area (TPSA) is 111 Å². The summed E-state index contributed by atoms with van der Waals surface area (Å²) in [5.74, 6) is 1.92. The van der Waals surface area contributed by atoms with E-state index in [-0.39, 0.29) is 0 Å². The van der Waals surface area contributed by atoms with Crippen molar-refractivity contribution in [3.63, 3.8) is 0 Å². The number of nitrogen functional groups attached to an aromatic ring is 1. The van der Waals surface area contributed by atoms with Crippen LogP contribution >= 0.6 is 0 Å². The van der Waals surface area contributed by atoms with Crippen LogP contribution in [-0.2, 0) is 6.54 Å². The van der Waals surface area contributed by atoms with Crippen molar-refractivity contribution < 1.29 is 9.47 Å². The Balaban J connectivity index is 1.79. The number of fused-ring (bicyclic) bond motifs is 1. The molecule has 1 aromatic heterocycles. The SMILES string of the molecule is Nc1cc2c(cc1NCc1nn[nH]n1)OCCO2. The summed E-state index contributed by atoms with van der Waals surface area (Å²) in [4.78, 5) is 0. The monoisotopic (exact) mass is 248 g/mol. The molecule has 8 nitrogen and oxygen atoms in total. The molecule has 0 amide bonds. The van der Waals surface area contributed by atoms with E-state index in [2.05, 4.69) is 25.9 Å². The predicted molar refractivity (Wildman–Crippen MR) is 63.3 cm³/mol. The molecule has 1 aliphatic rings. The summed E-state index contributed by atoms with van der Waals surface area (Å²) in [7, 11) is 0. The number of hydrogen-bond donors (Lipinski definition) is 3. The Bertz CT molecular complexity index is 542. The minimum atomic E-state index is 0.431. The highest BCUT2D eigenvalue weighted by molar-refractivity contribution is 5.72. The van der Waals surface area contributed by atoms with Crippen molar-refractivity contribution in [2.75, 3.05) is 24.3 Å². The van der Waals surface area contributed by atoms with Crippen molar-refractivity contribution in [1.82, 2.24) is 20.6 Å². The van der Waals surface area contributed by atoms with Gasteiger partial charge in [0.15, 0.2) is 17.3 Å². The lowest BCUT2D eigenvalue weighted by Gasteiger charge is -2.20. The van der Waals surface area contributed by atoms with E-state index < -0.39 is 0 Å². The first kappa shape index (κ1) is 10.6. The molecule has 0 saturated heterocycles. The van der Waals surface area contributed by atoms with E-state index in [0.29, 0.717) is 42.8 Å². The van der Waals surface area contributed by atoms with Crippen LogP contribution in [0.25, 0.3) is 0 Å². The molecule has 2 heterocycles. The number of hydrogen-bond acceptors (Lipinski definition) is 7. The zero-order valence-corrected chi connectivity index (χ0v) is 9.51. The molecule has 94 valence electrons. The largest absolute Gasteiger partial charge is 0.486 e. The van der Waals surface area contributed by atoms with E-state index in [1.54, 1.807) is 6.07 Å². The van der Waals surface area contributed by atoms with Gasteiger partial charge in [-0.1, -0.05) is 5.21 Å². The van der Waals surface area contributed by atoms with Crippen LogP contribution in [-0.4, -0.2) is 33.8 Å². The van der Waals surface area contributed by atoms with E-state index in [1.807, 2.05) is 6.07 Å². The van der Waals surface area contributed by atoms with E-state index in [0.717, 1.165) is 5.69 Å². The molecule has 8 heteroatoms. The van der Waals surface area contributed by atoms with Crippen LogP contribution in [0.4, 0.5) is 11.4 Å². The third kappa shape index (κ3) is 1.99. The molecule has 0 fully saturated rings. The van der Waals surface area contributed by atoms with Gasteiger partial charge in [0.05, 0.1) is 17.9 Å². The van der Waals surface area contributed by atoms with Crippen molar-refractivity contribution in [1.29, 1.82) is 0 Å². The van der Waals surface area contributed by atoms with Crippen LogP contribution in [0.1, 0.15) is 5.82 Å². The van der Waals surface area contributed by atoms with Crippen LogP contribution in [0.5, 0.6) is 11.5 Å². The molecule has 0 atom stereocenters. The number of benzene rings is 1. The van der Waals surface area contributed by atoms with Gasteiger partial charge in [0, 0.05) is 12.1 Å². The minimum Gasteiger partial charge on any atom is -0.486 e. The molecule has 3 rings (SSSR count). The summed E-state index contributed by atoms with van der Waals surface area (Å²) in [6.07, 6.45) is 0. The van der Waals surface area contributed by atoms with Crippen LogP contribution in [0.15, 0.2) is 12.1 Å². The number of H-pyrrole nitrogens is 1. The standard InChI is InChI=1S/C10H12N6O2/c11-6-3-8-9(18-2-1-17-8)4-7(6)12-5-10-13-15-16-14-10/h3-4,12H,1-2,5,11H2,(H,13,14,15,16). The first-order valence-corrected chi connectivity index (χ1v) is 5.48. The van der Waals surface area contributed by atoms with Crippen molar-refractivity contribution in [3.05, 3.63) is 18.0 Å². The van der Waals surface area contributed by atoms with Crippen LogP contribution < -0.4 is 20.5 Å². The fraction of sp³-hybridized carbons (Fsp3) is 0.300. The first-order valence-electron chi connectivity index (χ1n) is 5.48. The highest BCUT2D eigenvalue weighted by atomic mass is 16.6. The molecule has 0 bridgehead atoms. The smallest absolute Gasteiger partial charge is 0.193 e. The van der Waals surface area contributed by atoms with Gasteiger partial charge in [-0.2, -0.15) is 5.21 Å². The normalized spacial score (nSPS) is 13.3. The summed E-state index contributed by atoms with van der Waals surface area (Å²) >= 11 is 0. The Hall–Kier alpha value is -2.51. The first-order chi connectivity index (χ1) is 8.83. The highest BCUT2D eigenvalue weighted by Gasteiger charge is 2.14. The fourth-order valence-corrected chi connectivity index (χ4v) is 1.69. The number of aromatic nitrogens is 4. The number of tetrazole rings is 1. The Morgan fingerprint density at radius 3 is 2.78 bits per heavy atom. The van der Waals surface area contributed by atoms with Crippen molar-refractivity contribution in [2.24, 2.45) is 0 Å². The lowest BCUT2D eigenvalue weighted by Crippen LogP contribution is -2.16. The van der Waals surface area contributed by atoms with Gasteiger partial charge in [-0.25, -0.2) is 0 Å². The molecule has 0 unspecified atom stereocenters. The second kappa shape index (κ2) is 4.40. The summed E-state index contributed by atoms with van der Waals surface area (Å²) in [5.41, 5.74) is 7.26. The molecule has 0 aliphatic carbocycles. The van der Waals surface area contributed by atoms with Crippen LogP contribution in [0.2, 0.25) is 0 Å². The average molecular weight is 248 g/mol. The molecule has 4 N–H and O–H groups in total. The molecule has 0 radical (unpaired) electrons. The molecule has 0 saturated carbocycles. The molecule has 1 aromatic carbocycles. The molecular formula is C10H12N6O2. The molecular weight excluding hydrogens is 236 g/mol. The number of nitrogens with zero attached hydrogens (tertiary/aromatic N) is 3. The molecule has 1 aliphatic heterocycles. The minimum absolute atomic E-state index is 0.431. The summed E-state index contributed by atoms with van der Waals surface area (Å²) in [5, 5.41) is 16.7. The Morgan fingerprint density at radius 2 is 2.06 bits per heavy atom. The van der Waals surface area contributed by atoms with Gasteiger partial charge in [-0.15, -0.1) is 10.2 Å². The molecule has 2 aromatic rings. The van der Waals surface area contributed by atoms with Gasteiger partial charge >= 0.3 is 0 Å². The van der Waals surface area contributed by atoms with Crippen LogP contribution in [0, 0.1) is 0 Å². The zero-order chi connectivity index (χ0) is 12.4. The lowest BCUT2D eigenvalue weighted by molar-refractivity contribution is 0.172. The number of nitrogens with one attached hydrogen (secondary N) is 2. The summed E-state index contributed by atoms with van der Waals surface area (Å²) in [6.45, 7) is 1.52. The van der Waals surface area contributed by atoms with Crippen molar-refractivity contribution in [2.45, 2.75) is 6.54 Å². The average Bonchev–Trinajstić information content (AvgIpc) is 2.89. The third-order valence-electron chi connectivity index (χ3n) is 2.54. The molecule has 18 heavy (non-hydrogen) atoms. The van der Waals surface area contributed by atoms with Gasteiger partial charge in [-0.05, 0) is 0 Å². The highest BCUT2D eigenvalue weighted by Crippen LogP contribution is 2.36. The predicted octanol–water partition coefficient (Wildman–Crippen LogP) is 0.165. The number of anilines is 2. The van der Waals surface area contributed by atoms with Gasteiger partial charge in [0.2, 0.25) is 0 Å². The zero-order valence-electron chi connectivity index (χ0n) is 9.51. The second-order valence-electron chi connectivity index (χ2n) is 3.76. The number of rotatable bonds is 3. The van der Waals surface area contributed by atoms with Gasteiger partial charge < -0.3 is 20.5 Å². The van der Waals surface area contributed by atoms with Crippen molar-refractivity contribution >= 4 is 11.4 Å². The Morgan fingerprint density at radius 1 is 1.28 bits per heavy atom. The number of ether oxygens (including phenoxy) is 2. The van der Waals surface area contributed by atoms with E-state index in [4.69, 9.17) is 15.2 Å². The maximum Gasteiger partial charge on any atom is 0.193 e.